The quantitative estimate of drug-likeness (QED) is 0.821. The summed E-state index contributed by atoms with van der Waals surface area (Å²) in [4.78, 5) is 4.27. The summed E-state index contributed by atoms with van der Waals surface area (Å²) in [5.74, 6) is 0.692. The molecule has 0 fully saturated rings. The Balaban J connectivity index is 2.90. The van der Waals surface area contributed by atoms with Crippen molar-refractivity contribution in [3.05, 3.63) is 23.4 Å². The van der Waals surface area contributed by atoms with Gasteiger partial charge in [0.1, 0.15) is 0 Å². The van der Waals surface area contributed by atoms with E-state index in [-0.39, 0.29) is 5.54 Å². The standard InChI is InChI=1S/C12H20N2O/c1-9-6-10(7-11(14-9)15-5)8-12(2,3)13-4/h6-7,13H,8H2,1-5H3. The number of nitrogens with zero attached hydrogens (tertiary/aromatic N) is 1. The van der Waals surface area contributed by atoms with Crippen LogP contribution in [0.1, 0.15) is 25.1 Å². The zero-order valence-electron chi connectivity index (χ0n) is 10.2. The van der Waals surface area contributed by atoms with E-state index in [4.69, 9.17) is 4.74 Å². The van der Waals surface area contributed by atoms with Gasteiger partial charge in [0.2, 0.25) is 5.88 Å². The molecule has 0 spiro atoms. The Morgan fingerprint density at radius 3 is 2.60 bits per heavy atom. The van der Waals surface area contributed by atoms with E-state index in [0.717, 1.165) is 12.1 Å². The normalized spacial score (nSPS) is 11.5. The molecule has 0 unspecified atom stereocenters. The molecule has 0 amide bonds. The summed E-state index contributed by atoms with van der Waals surface area (Å²) in [6.07, 6.45) is 0.962. The molecule has 0 aromatic carbocycles. The molecule has 0 saturated carbocycles. The maximum Gasteiger partial charge on any atom is 0.213 e. The van der Waals surface area contributed by atoms with Crippen molar-refractivity contribution in [2.24, 2.45) is 0 Å². The highest BCUT2D eigenvalue weighted by Gasteiger charge is 2.16. The topological polar surface area (TPSA) is 34.2 Å². The van der Waals surface area contributed by atoms with Crippen molar-refractivity contribution in [3.8, 4) is 5.88 Å². The molecule has 0 saturated heterocycles. The van der Waals surface area contributed by atoms with Crippen LogP contribution in [0.5, 0.6) is 5.88 Å². The summed E-state index contributed by atoms with van der Waals surface area (Å²) in [5.41, 5.74) is 2.34. The van der Waals surface area contributed by atoms with Gasteiger partial charge in [0.25, 0.3) is 0 Å². The summed E-state index contributed by atoms with van der Waals surface area (Å²) in [6.45, 7) is 6.34. The molecule has 1 heterocycles. The minimum Gasteiger partial charge on any atom is -0.481 e. The Kier molecular flexibility index (Phi) is 3.69. The van der Waals surface area contributed by atoms with Crippen LogP contribution in [-0.4, -0.2) is 24.7 Å². The van der Waals surface area contributed by atoms with Crippen molar-refractivity contribution in [1.29, 1.82) is 0 Å². The molecule has 0 aliphatic rings. The number of hydrogen-bond donors (Lipinski definition) is 1. The van der Waals surface area contributed by atoms with Crippen molar-refractivity contribution in [3.63, 3.8) is 0 Å². The Labute approximate surface area is 91.9 Å². The third-order valence-electron chi connectivity index (χ3n) is 2.52. The first-order valence-electron chi connectivity index (χ1n) is 5.17. The summed E-state index contributed by atoms with van der Waals surface area (Å²) >= 11 is 0. The second kappa shape index (κ2) is 4.62. The molecule has 0 bridgehead atoms. The fraction of sp³-hybridized carbons (Fsp3) is 0.583. The number of ether oxygens (including phenoxy) is 1. The molecule has 3 heteroatoms. The summed E-state index contributed by atoms with van der Waals surface area (Å²) in [7, 11) is 3.63. The molecule has 0 aliphatic carbocycles. The Hall–Kier alpha value is -1.09. The van der Waals surface area contributed by atoms with E-state index in [1.54, 1.807) is 7.11 Å². The predicted octanol–water partition coefficient (Wildman–Crippen LogP) is 1.94. The van der Waals surface area contributed by atoms with Crippen molar-refractivity contribution in [2.45, 2.75) is 32.7 Å². The van der Waals surface area contributed by atoms with Crippen molar-refractivity contribution < 1.29 is 4.74 Å². The molecular weight excluding hydrogens is 188 g/mol. The van der Waals surface area contributed by atoms with Crippen LogP contribution in [0, 0.1) is 6.92 Å². The molecule has 1 N–H and O–H groups in total. The van der Waals surface area contributed by atoms with Gasteiger partial charge in [-0.1, -0.05) is 0 Å². The molecule has 0 atom stereocenters. The minimum atomic E-state index is 0.0960. The molecule has 1 aromatic rings. The van der Waals surface area contributed by atoms with Gasteiger partial charge in [-0.3, -0.25) is 0 Å². The number of aromatic nitrogens is 1. The first-order chi connectivity index (χ1) is 6.96. The van der Waals surface area contributed by atoms with E-state index in [0.29, 0.717) is 5.88 Å². The van der Waals surface area contributed by atoms with Gasteiger partial charge in [-0.05, 0) is 45.9 Å². The second-order valence-electron chi connectivity index (χ2n) is 4.47. The van der Waals surface area contributed by atoms with Crippen LogP contribution in [0.15, 0.2) is 12.1 Å². The number of hydrogen-bond acceptors (Lipinski definition) is 3. The van der Waals surface area contributed by atoms with Crippen LogP contribution in [0.2, 0.25) is 0 Å². The molecule has 0 aliphatic heterocycles. The van der Waals surface area contributed by atoms with E-state index >= 15 is 0 Å². The van der Waals surface area contributed by atoms with E-state index in [1.165, 1.54) is 5.56 Å². The van der Waals surface area contributed by atoms with Gasteiger partial charge in [-0.15, -0.1) is 0 Å². The maximum absolute atomic E-state index is 5.15. The number of likely N-dealkylation sites (N-methyl/N-ethyl adjacent to an activating group) is 1. The van der Waals surface area contributed by atoms with Gasteiger partial charge in [0.05, 0.1) is 7.11 Å². The molecule has 0 radical (unpaired) electrons. The Morgan fingerprint density at radius 2 is 2.07 bits per heavy atom. The van der Waals surface area contributed by atoms with Gasteiger partial charge in [0.15, 0.2) is 0 Å². The first-order valence-corrected chi connectivity index (χ1v) is 5.17. The van der Waals surface area contributed by atoms with Gasteiger partial charge < -0.3 is 10.1 Å². The number of methoxy groups -OCH3 is 1. The molecular formula is C12H20N2O. The van der Waals surface area contributed by atoms with Crippen LogP contribution >= 0.6 is 0 Å². The smallest absolute Gasteiger partial charge is 0.213 e. The highest BCUT2D eigenvalue weighted by molar-refractivity contribution is 5.26. The Morgan fingerprint density at radius 1 is 1.40 bits per heavy atom. The number of aryl methyl sites for hydroxylation is 1. The fourth-order valence-electron chi connectivity index (χ4n) is 1.51. The Bertz CT molecular complexity index is 334. The van der Waals surface area contributed by atoms with Crippen molar-refractivity contribution in [2.75, 3.05) is 14.2 Å². The van der Waals surface area contributed by atoms with Gasteiger partial charge >= 0.3 is 0 Å². The molecule has 84 valence electrons. The third kappa shape index (κ3) is 3.51. The predicted molar refractivity (Wildman–Crippen MR) is 62.4 cm³/mol. The summed E-state index contributed by atoms with van der Waals surface area (Å²) in [6, 6.07) is 4.09. The van der Waals surface area contributed by atoms with Crippen LogP contribution in [-0.2, 0) is 6.42 Å². The lowest BCUT2D eigenvalue weighted by atomic mass is 9.95. The minimum absolute atomic E-state index is 0.0960. The SMILES string of the molecule is CNC(C)(C)Cc1cc(C)nc(OC)c1. The zero-order chi connectivity index (χ0) is 11.5. The molecule has 1 rings (SSSR count). The molecule has 15 heavy (non-hydrogen) atoms. The lowest BCUT2D eigenvalue weighted by Crippen LogP contribution is -2.38. The molecule has 3 nitrogen and oxygen atoms in total. The van der Waals surface area contributed by atoms with Crippen LogP contribution in [0.4, 0.5) is 0 Å². The van der Waals surface area contributed by atoms with Crippen molar-refractivity contribution in [1.82, 2.24) is 10.3 Å². The van der Waals surface area contributed by atoms with E-state index in [1.807, 2.05) is 20.0 Å². The van der Waals surface area contributed by atoms with Crippen LogP contribution in [0.3, 0.4) is 0 Å². The lowest BCUT2D eigenvalue weighted by molar-refractivity contribution is 0.392. The highest BCUT2D eigenvalue weighted by atomic mass is 16.5. The van der Waals surface area contributed by atoms with E-state index < -0.39 is 0 Å². The number of nitrogens with one attached hydrogen (secondary N) is 1. The average molecular weight is 208 g/mol. The van der Waals surface area contributed by atoms with Gasteiger partial charge in [-0.25, -0.2) is 4.98 Å². The lowest BCUT2D eigenvalue weighted by Gasteiger charge is -2.24. The zero-order valence-corrected chi connectivity index (χ0v) is 10.2. The summed E-state index contributed by atoms with van der Waals surface area (Å²) in [5, 5.41) is 3.29. The van der Waals surface area contributed by atoms with Crippen LogP contribution in [0.25, 0.3) is 0 Å². The largest absolute Gasteiger partial charge is 0.481 e. The van der Waals surface area contributed by atoms with Crippen molar-refractivity contribution >= 4 is 0 Å². The first kappa shape index (κ1) is 12.0. The monoisotopic (exact) mass is 208 g/mol. The van der Waals surface area contributed by atoms with Crippen LogP contribution < -0.4 is 10.1 Å². The van der Waals surface area contributed by atoms with Gasteiger partial charge in [-0.2, -0.15) is 0 Å². The highest BCUT2D eigenvalue weighted by Crippen LogP contribution is 2.17. The fourth-order valence-corrected chi connectivity index (χ4v) is 1.51. The van der Waals surface area contributed by atoms with E-state index in [2.05, 4.69) is 30.2 Å². The average Bonchev–Trinajstić information content (AvgIpc) is 2.16. The number of rotatable bonds is 4. The third-order valence-corrected chi connectivity index (χ3v) is 2.52. The second-order valence-corrected chi connectivity index (χ2v) is 4.47. The number of pyridine rings is 1. The maximum atomic E-state index is 5.15. The van der Waals surface area contributed by atoms with E-state index in [9.17, 15) is 0 Å². The summed E-state index contributed by atoms with van der Waals surface area (Å²) < 4.78 is 5.15. The molecule has 1 aromatic heterocycles. The van der Waals surface area contributed by atoms with Gasteiger partial charge in [0, 0.05) is 17.3 Å².